The monoisotopic (exact) mass is 569 g/mol. The van der Waals surface area contributed by atoms with Gasteiger partial charge >= 0.3 is 0 Å². The summed E-state index contributed by atoms with van der Waals surface area (Å²) in [5, 5.41) is 3.28. The van der Waals surface area contributed by atoms with Gasteiger partial charge in [-0.1, -0.05) is 80.4 Å². The van der Waals surface area contributed by atoms with Gasteiger partial charge in [0.25, 0.3) is 10.0 Å². The number of carbonyl (C=O) groups excluding carboxylic acids is 2. The van der Waals surface area contributed by atoms with Crippen molar-refractivity contribution in [1.29, 1.82) is 0 Å². The van der Waals surface area contributed by atoms with Crippen LogP contribution in [0.4, 0.5) is 5.69 Å². The molecule has 1 N–H and O–H groups in total. The highest BCUT2D eigenvalue weighted by atomic mass is 35.5. The highest BCUT2D eigenvalue weighted by Gasteiger charge is 2.33. The summed E-state index contributed by atoms with van der Waals surface area (Å²) in [4.78, 5) is 28.8. The average Bonchev–Trinajstić information content (AvgIpc) is 2.93. The molecule has 3 aromatic carbocycles. The van der Waals surface area contributed by atoms with Crippen LogP contribution in [-0.4, -0.2) is 44.3 Å². The lowest BCUT2D eigenvalue weighted by molar-refractivity contribution is -0.140. The standard InChI is InChI=1S/C30H36ClN3O4S/c1-4-6-19-32-30(36)28(5-2)33(21-24-14-11-10-13-23(24)3)29(35)22-34(26-16-12-15-25(31)20-26)39(37,38)27-17-8-7-9-18-27/h7-18,20,28H,4-6,19,21-22H2,1-3H3,(H,32,36)/t28-/m0/s1. The van der Waals surface area contributed by atoms with Crippen molar-refractivity contribution < 1.29 is 18.0 Å². The van der Waals surface area contributed by atoms with E-state index in [0.717, 1.165) is 28.3 Å². The van der Waals surface area contributed by atoms with Gasteiger partial charge in [-0.2, -0.15) is 0 Å². The van der Waals surface area contributed by atoms with E-state index >= 15 is 0 Å². The van der Waals surface area contributed by atoms with Gasteiger partial charge < -0.3 is 10.2 Å². The topological polar surface area (TPSA) is 86.8 Å². The van der Waals surface area contributed by atoms with Crippen molar-refractivity contribution >= 4 is 39.1 Å². The number of sulfonamides is 1. The molecular formula is C30H36ClN3O4S. The molecule has 7 nitrogen and oxygen atoms in total. The minimum Gasteiger partial charge on any atom is -0.354 e. The molecule has 0 aromatic heterocycles. The van der Waals surface area contributed by atoms with Gasteiger partial charge in [-0.25, -0.2) is 8.42 Å². The number of aryl methyl sites for hydroxylation is 1. The van der Waals surface area contributed by atoms with Crippen molar-refractivity contribution in [3.63, 3.8) is 0 Å². The SMILES string of the molecule is CCCCNC(=O)[C@H](CC)N(Cc1ccccc1C)C(=O)CN(c1cccc(Cl)c1)S(=O)(=O)c1ccccc1. The molecule has 0 fully saturated rings. The minimum absolute atomic E-state index is 0.0487. The van der Waals surface area contributed by atoms with Crippen molar-refractivity contribution in [2.45, 2.75) is 57.5 Å². The number of anilines is 1. The van der Waals surface area contributed by atoms with Crippen LogP contribution >= 0.6 is 11.6 Å². The Balaban J connectivity index is 2.03. The molecule has 0 heterocycles. The number of halogens is 1. The first-order valence-corrected chi connectivity index (χ1v) is 15.0. The Labute approximate surface area is 236 Å². The minimum atomic E-state index is -4.12. The number of hydrogen-bond donors (Lipinski definition) is 1. The smallest absolute Gasteiger partial charge is 0.264 e. The number of hydrogen-bond acceptors (Lipinski definition) is 4. The van der Waals surface area contributed by atoms with Gasteiger partial charge in [-0.05, 0) is 61.2 Å². The molecule has 0 aliphatic heterocycles. The number of benzene rings is 3. The Hall–Kier alpha value is -3.36. The molecule has 3 rings (SSSR count). The maximum absolute atomic E-state index is 14.0. The summed E-state index contributed by atoms with van der Waals surface area (Å²) in [7, 11) is -4.12. The van der Waals surface area contributed by atoms with Crippen LogP contribution in [0.1, 0.15) is 44.2 Å². The average molecular weight is 570 g/mol. The third-order valence-electron chi connectivity index (χ3n) is 6.52. The van der Waals surface area contributed by atoms with Crippen LogP contribution < -0.4 is 9.62 Å². The number of nitrogens with one attached hydrogen (secondary N) is 1. The molecule has 3 aromatic rings. The van der Waals surface area contributed by atoms with E-state index in [4.69, 9.17) is 11.6 Å². The molecule has 0 unspecified atom stereocenters. The van der Waals surface area contributed by atoms with E-state index in [1.807, 2.05) is 45.0 Å². The zero-order valence-corrected chi connectivity index (χ0v) is 24.2. The van der Waals surface area contributed by atoms with Gasteiger partial charge in [0, 0.05) is 18.1 Å². The molecule has 208 valence electrons. The molecule has 0 aliphatic carbocycles. The van der Waals surface area contributed by atoms with Crippen LogP contribution in [0, 0.1) is 6.92 Å². The van der Waals surface area contributed by atoms with Crippen molar-refractivity contribution in [1.82, 2.24) is 10.2 Å². The lowest BCUT2D eigenvalue weighted by Gasteiger charge is -2.33. The molecule has 0 spiro atoms. The van der Waals surface area contributed by atoms with E-state index < -0.39 is 28.5 Å². The first-order chi connectivity index (χ1) is 18.7. The van der Waals surface area contributed by atoms with Gasteiger partial charge in [0.15, 0.2) is 0 Å². The number of rotatable bonds is 13. The molecule has 0 radical (unpaired) electrons. The van der Waals surface area contributed by atoms with E-state index in [2.05, 4.69) is 5.32 Å². The van der Waals surface area contributed by atoms with E-state index in [1.165, 1.54) is 23.1 Å². The van der Waals surface area contributed by atoms with Crippen LogP contribution in [0.5, 0.6) is 0 Å². The van der Waals surface area contributed by atoms with Crippen LogP contribution in [-0.2, 0) is 26.2 Å². The molecule has 9 heteroatoms. The number of carbonyl (C=O) groups is 2. The fourth-order valence-electron chi connectivity index (χ4n) is 4.28. The van der Waals surface area contributed by atoms with Crippen LogP contribution in [0.3, 0.4) is 0 Å². The van der Waals surface area contributed by atoms with Gasteiger partial charge in [-0.3, -0.25) is 13.9 Å². The normalized spacial score (nSPS) is 12.0. The Morgan fingerprint density at radius 2 is 1.64 bits per heavy atom. The van der Waals surface area contributed by atoms with Crippen molar-refractivity contribution in [2.24, 2.45) is 0 Å². The predicted molar refractivity (Wildman–Crippen MR) is 156 cm³/mol. The second kappa shape index (κ2) is 14.1. The summed E-state index contributed by atoms with van der Waals surface area (Å²) in [5.41, 5.74) is 2.11. The third-order valence-corrected chi connectivity index (χ3v) is 8.55. The highest BCUT2D eigenvalue weighted by Crippen LogP contribution is 2.27. The van der Waals surface area contributed by atoms with Gasteiger partial charge in [0.05, 0.1) is 10.6 Å². The van der Waals surface area contributed by atoms with Crippen molar-refractivity contribution in [3.8, 4) is 0 Å². The molecule has 2 amide bonds. The van der Waals surface area contributed by atoms with Crippen molar-refractivity contribution in [2.75, 3.05) is 17.4 Å². The predicted octanol–water partition coefficient (Wildman–Crippen LogP) is 5.57. The highest BCUT2D eigenvalue weighted by molar-refractivity contribution is 7.92. The maximum Gasteiger partial charge on any atom is 0.264 e. The fourth-order valence-corrected chi connectivity index (χ4v) is 5.89. The lowest BCUT2D eigenvalue weighted by atomic mass is 10.1. The Morgan fingerprint density at radius 3 is 2.28 bits per heavy atom. The molecule has 1 atom stereocenters. The lowest BCUT2D eigenvalue weighted by Crippen LogP contribution is -2.52. The second-order valence-corrected chi connectivity index (χ2v) is 11.6. The zero-order valence-electron chi connectivity index (χ0n) is 22.6. The third kappa shape index (κ3) is 7.83. The van der Waals surface area contributed by atoms with E-state index in [-0.39, 0.29) is 23.0 Å². The summed E-state index contributed by atoms with van der Waals surface area (Å²) >= 11 is 6.21. The molecule has 0 saturated heterocycles. The quantitative estimate of drug-likeness (QED) is 0.273. The summed E-state index contributed by atoms with van der Waals surface area (Å²) in [6.45, 7) is 6.00. The van der Waals surface area contributed by atoms with Crippen molar-refractivity contribution in [3.05, 3.63) is 95.0 Å². The Bertz CT molecular complexity index is 1370. The maximum atomic E-state index is 14.0. The van der Waals surface area contributed by atoms with Crippen LogP contribution in [0.15, 0.2) is 83.8 Å². The van der Waals surface area contributed by atoms with E-state index in [1.54, 1.807) is 36.4 Å². The first kappa shape index (κ1) is 30.2. The largest absolute Gasteiger partial charge is 0.354 e. The van der Waals surface area contributed by atoms with E-state index in [9.17, 15) is 18.0 Å². The van der Waals surface area contributed by atoms with Gasteiger partial charge in [-0.15, -0.1) is 0 Å². The summed E-state index contributed by atoms with van der Waals surface area (Å²) < 4.78 is 28.6. The first-order valence-electron chi connectivity index (χ1n) is 13.1. The van der Waals surface area contributed by atoms with Gasteiger partial charge in [0.2, 0.25) is 11.8 Å². The fraction of sp³-hybridized carbons (Fsp3) is 0.333. The van der Waals surface area contributed by atoms with E-state index in [0.29, 0.717) is 18.0 Å². The molecular weight excluding hydrogens is 534 g/mol. The number of amides is 2. The number of nitrogens with zero attached hydrogens (tertiary/aromatic N) is 2. The molecule has 0 saturated carbocycles. The van der Waals surface area contributed by atoms with Crippen LogP contribution in [0.2, 0.25) is 5.02 Å². The molecule has 0 aliphatic rings. The summed E-state index contributed by atoms with van der Waals surface area (Å²) in [6.07, 6.45) is 2.12. The molecule has 0 bridgehead atoms. The van der Waals surface area contributed by atoms with Crippen LogP contribution in [0.25, 0.3) is 0 Å². The number of unbranched alkanes of at least 4 members (excludes halogenated alkanes) is 1. The van der Waals surface area contributed by atoms with Gasteiger partial charge in [0.1, 0.15) is 12.6 Å². The summed E-state index contributed by atoms with van der Waals surface area (Å²) in [5.74, 6) is -0.747. The second-order valence-electron chi connectivity index (χ2n) is 9.32. The Kier molecular flexibility index (Phi) is 10.9. The molecule has 39 heavy (non-hydrogen) atoms. The summed E-state index contributed by atoms with van der Waals surface area (Å²) in [6, 6.07) is 21.2. The zero-order chi connectivity index (χ0) is 28.4. The Morgan fingerprint density at radius 1 is 0.949 bits per heavy atom.